The maximum Gasteiger partial charge on any atom is 0.235 e. The Hall–Kier alpha value is -1.97. The van der Waals surface area contributed by atoms with Crippen LogP contribution in [-0.2, 0) is 11.3 Å². The van der Waals surface area contributed by atoms with Gasteiger partial charge in [-0.3, -0.25) is 14.6 Å². The number of nitrogens with one attached hydrogen (secondary N) is 1. The van der Waals surface area contributed by atoms with Crippen molar-refractivity contribution in [2.75, 3.05) is 32.7 Å². The van der Waals surface area contributed by atoms with Crippen LogP contribution < -0.4 is 5.32 Å². The quantitative estimate of drug-likeness (QED) is 0.846. The van der Waals surface area contributed by atoms with Gasteiger partial charge in [-0.1, -0.05) is 26.0 Å². The van der Waals surface area contributed by atoms with Crippen LogP contribution in [0, 0.1) is 23.1 Å². The summed E-state index contributed by atoms with van der Waals surface area (Å²) in [4.78, 5) is 16.8. The van der Waals surface area contributed by atoms with Crippen LogP contribution in [0.15, 0.2) is 24.3 Å². The van der Waals surface area contributed by atoms with Gasteiger partial charge in [-0.05, 0) is 50.0 Å². The summed E-state index contributed by atoms with van der Waals surface area (Å²) in [6, 6.07) is 8.83. The fourth-order valence-electron chi connectivity index (χ4n) is 3.02. The lowest BCUT2D eigenvalue weighted by Gasteiger charge is -2.29. The standard InChI is InChI=1S/C20H29FN4O/c1-16(2)20(3,15-22)23-19(26)14-25-10-4-9-24(11-12-25)13-17-5-7-18(21)8-6-17/h5-8,16H,4,9-14H2,1-3H3,(H,23,26). The van der Waals surface area contributed by atoms with Crippen LogP contribution in [0.2, 0.25) is 0 Å². The first-order valence-corrected chi connectivity index (χ1v) is 9.24. The number of hydrogen-bond donors (Lipinski definition) is 1. The summed E-state index contributed by atoms with van der Waals surface area (Å²) in [5.74, 6) is -0.269. The van der Waals surface area contributed by atoms with E-state index in [1.807, 2.05) is 26.0 Å². The molecule has 1 heterocycles. The number of carbonyl (C=O) groups excluding carboxylic acids is 1. The molecule has 1 saturated heterocycles. The Labute approximate surface area is 155 Å². The van der Waals surface area contributed by atoms with Crippen LogP contribution in [0.3, 0.4) is 0 Å². The lowest BCUT2D eigenvalue weighted by atomic mass is 9.90. The molecule has 1 aliphatic heterocycles. The van der Waals surface area contributed by atoms with Gasteiger partial charge in [0.15, 0.2) is 0 Å². The van der Waals surface area contributed by atoms with Crippen molar-refractivity contribution in [1.29, 1.82) is 5.26 Å². The van der Waals surface area contributed by atoms with Crippen molar-refractivity contribution in [1.82, 2.24) is 15.1 Å². The van der Waals surface area contributed by atoms with E-state index < -0.39 is 5.54 Å². The van der Waals surface area contributed by atoms with E-state index in [0.29, 0.717) is 6.54 Å². The van der Waals surface area contributed by atoms with Gasteiger partial charge in [0, 0.05) is 19.6 Å². The predicted octanol–water partition coefficient (Wildman–Crippen LogP) is 2.39. The normalized spacial score (nSPS) is 18.8. The second-order valence-electron chi connectivity index (χ2n) is 7.55. The Kier molecular flexibility index (Phi) is 7.13. The first-order valence-electron chi connectivity index (χ1n) is 9.24. The first kappa shape index (κ1) is 20.3. The van der Waals surface area contributed by atoms with E-state index in [2.05, 4.69) is 21.2 Å². The predicted molar refractivity (Wildman–Crippen MR) is 99.7 cm³/mol. The van der Waals surface area contributed by atoms with Crippen molar-refractivity contribution in [2.45, 2.75) is 39.3 Å². The molecule has 1 aromatic carbocycles. The Balaban J connectivity index is 1.83. The third kappa shape index (κ3) is 5.79. The van der Waals surface area contributed by atoms with Crippen LogP contribution in [0.1, 0.15) is 32.8 Å². The molecular weight excluding hydrogens is 331 g/mol. The van der Waals surface area contributed by atoms with Crippen molar-refractivity contribution >= 4 is 5.91 Å². The van der Waals surface area contributed by atoms with Crippen LogP contribution >= 0.6 is 0 Å². The van der Waals surface area contributed by atoms with Crippen molar-refractivity contribution < 1.29 is 9.18 Å². The Morgan fingerprint density at radius 1 is 1.23 bits per heavy atom. The molecule has 1 fully saturated rings. The minimum atomic E-state index is -0.836. The number of hydrogen-bond acceptors (Lipinski definition) is 4. The third-order valence-electron chi connectivity index (χ3n) is 5.15. The number of rotatable bonds is 6. The van der Waals surface area contributed by atoms with Gasteiger partial charge < -0.3 is 5.32 Å². The highest BCUT2D eigenvalue weighted by Gasteiger charge is 2.30. The highest BCUT2D eigenvalue weighted by atomic mass is 19.1. The second kappa shape index (κ2) is 9.11. The minimum absolute atomic E-state index is 0.0479. The molecule has 1 N–H and O–H groups in total. The molecule has 1 atom stereocenters. The Bertz CT molecular complexity index is 640. The average Bonchev–Trinajstić information content (AvgIpc) is 2.81. The molecule has 0 aromatic heterocycles. The van der Waals surface area contributed by atoms with Gasteiger partial charge in [0.1, 0.15) is 11.4 Å². The van der Waals surface area contributed by atoms with Gasteiger partial charge in [0.2, 0.25) is 5.91 Å². The van der Waals surface area contributed by atoms with Crippen molar-refractivity contribution in [3.05, 3.63) is 35.6 Å². The zero-order valence-corrected chi connectivity index (χ0v) is 16.0. The summed E-state index contributed by atoms with van der Waals surface area (Å²) in [5, 5.41) is 12.2. The number of nitriles is 1. The Morgan fingerprint density at radius 2 is 1.85 bits per heavy atom. The maximum absolute atomic E-state index is 13.0. The molecule has 0 saturated carbocycles. The molecule has 5 nitrogen and oxygen atoms in total. The van der Waals surface area contributed by atoms with Crippen molar-refractivity contribution in [2.24, 2.45) is 5.92 Å². The average molecular weight is 360 g/mol. The molecule has 0 radical (unpaired) electrons. The van der Waals surface area contributed by atoms with Crippen LogP contribution in [-0.4, -0.2) is 54.0 Å². The van der Waals surface area contributed by atoms with Gasteiger partial charge >= 0.3 is 0 Å². The zero-order valence-electron chi connectivity index (χ0n) is 16.0. The van der Waals surface area contributed by atoms with E-state index in [1.54, 1.807) is 6.92 Å². The van der Waals surface area contributed by atoms with E-state index in [1.165, 1.54) is 12.1 Å². The number of halogens is 1. The molecule has 1 aliphatic rings. The molecule has 0 aliphatic carbocycles. The molecule has 2 rings (SSSR count). The molecule has 0 spiro atoms. The lowest BCUT2D eigenvalue weighted by molar-refractivity contribution is -0.123. The van der Waals surface area contributed by atoms with E-state index in [4.69, 9.17) is 0 Å². The third-order valence-corrected chi connectivity index (χ3v) is 5.15. The summed E-state index contributed by atoms with van der Waals surface area (Å²) >= 11 is 0. The fraction of sp³-hybridized carbons (Fsp3) is 0.600. The van der Waals surface area contributed by atoms with Crippen LogP contribution in [0.4, 0.5) is 4.39 Å². The molecular formula is C20H29FN4O. The lowest BCUT2D eigenvalue weighted by Crippen LogP contribution is -2.52. The highest BCUT2D eigenvalue weighted by Crippen LogP contribution is 2.15. The molecule has 1 aromatic rings. The summed E-state index contributed by atoms with van der Waals surface area (Å²) in [5.41, 5.74) is 0.261. The topological polar surface area (TPSA) is 59.4 Å². The number of carbonyl (C=O) groups is 1. The molecule has 26 heavy (non-hydrogen) atoms. The van der Waals surface area contributed by atoms with E-state index >= 15 is 0 Å². The number of benzene rings is 1. The van der Waals surface area contributed by atoms with Crippen LogP contribution in [0.25, 0.3) is 0 Å². The molecule has 1 unspecified atom stereocenters. The number of amides is 1. The van der Waals surface area contributed by atoms with Crippen molar-refractivity contribution in [3.63, 3.8) is 0 Å². The van der Waals surface area contributed by atoms with Crippen molar-refractivity contribution in [3.8, 4) is 6.07 Å². The summed E-state index contributed by atoms with van der Waals surface area (Å²) in [6.07, 6.45) is 0.980. The smallest absolute Gasteiger partial charge is 0.235 e. The summed E-state index contributed by atoms with van der Waals surface area (Å²) in [6.45, 7) is 10.2. The van der Waals surface area contributed by atoms with Gasteiger partial charge in [-0.25, -0.2) is 4.39 Å². The van der Waals surface area contributed by atoms with E-state index in [0.717, 1.165) is 44.7 Å². The SMILES string of the molecule is CC(C)C(C)(C#N)NC(=O)CN1CCCN(Cc2ccc(F)cc2)CC1. The zero-order chi connectivity index (χ0) is 19.2. The van der Waals surface area contributed by atoms with Gasteiger partial charge in [0.25, 0.3) is 0 Å². The van der Waals surface area contributed by atoms with Crippen LogP contribution in [0.5, 0.6) is 0 Å². The monoisotopic (exact) mass is 360 g/mol. The molecule has 1 amide bonds. The Morgan fingerprint density at radius 3 is 2.46 bits per heavy atom. The van der Waals surface area contributed by atoms with Gasteiger partial charge in [0.05, 0.1) is 12.6 Å². The van der Waals surface area contributed by atoms with E-state index in [-0.39, 0.29) is 17.6 Å². The van der Waals surface area contributed by atoms with Gasteiger partial charge in [-0.2, -0.15) is 5.26 Å². The molecule has 0 bridgehead atoms. The molecule has 6 heteroatoms. The molecule has 142 valence electrons. The number of nitrogens with zero attached hydrogens (tertiary/aromatic N) is 3. The minimum Gasteiger partial charge on any atom is -0.337 e. The van der Waals surface area contributed by atoms with Gasteiger partial charge in [-0.15, -0.1) is 0 Å². The largest absolute Gasteiger partial charge is 0.337 e. The summed E-state index contributed by atoms with van der Waals surface area (Å²) in [7, 11) is 0. The first-order chi connectivity index (χ1) is 12.3. The van der Waals surface area contributed by atoms with E-state index in [9.17, 15) is 14.4 Å². The fourth-order valence-corrected chi connectivity index (χ4v) is 3.02. The summed E-state index contributed by atoms with van der Waals surface area (Å²) < 4.78 is 13.0. The highest BCUT2D eigenvalue weighted by molar-refractivity contribution is 5.79. The second-order valence-corrected chi connectivity index (χ2v) is 7.55. The maximum atomic E-state index is 13.0.